The van der Waals surface area contributed by atoms with Crippen LogP contribution in [-0.4, -0.2) is 24.1 Å². The highest BCUT2D eigenvalue weighted by Crippen LogP contribution is 2.32. The summed E-state index contributed by atoms with van der Waals surface area (Å²) in [5.41, 5.74) is 4.72. The number of aryl methyl sites for hydroxylation is 1. The van der Waals surface area contributed by atoms with Gasteiger partial charge in [-0.2, -0.15) is 0 Å². The van der Waals surface area contributed by atoms with Gasteiger partial charge in [0.05, 0.1) is 11.2 Å². The normalized spacial score (nSPS) is 14.4. The first-order valence-electron chi connectivity index (χ1n) is 7.83. The first-order chi connectivity index (χ1) is 10.5. The van der Waals surface area contributed by atoms with Gasteiger partial charge < -0.3 is 10.1 Å². The molecule has 0 aliphatic heterocycles. The molecule has 1 aliphatic carbocycles. The molecule has 4 heteroatoms. The van der Waals surface area contributed by atoms with Crippen molar-refractivity contribution in [3.8, 4) is 0 Å². The smallest absolute Gasteiger partial charge is 0.342 e. The van der Waals surface area contributed by atoms with E-state index in [0.29, 0.717) is 11.5 Å². The van der Waals surface area contributed by atoms with Gasteiger partial charge in [0.25, 0.3) is 0 Å². The van der Waals surface area contributed by atoms with Crippen LogP contribution in [0.1, 0.15) is 54.1 Å². The van der Waals surface area contributed by atoms with Gasteiger partial charge in [0.2, 0.25) is 0 Å². The van der Waals surface area contributed by atoms with Crippen LogP contribution in [0.4, 0.5) is 5.69 Å². The Morgan fingerprint density at radius 3 is 2.68 bits per heavy atom. The summed E-state index contributed by atoms with van der Waals surface area (Å²) in [4.78, 5) is 16.8. The third-order valence-corrected chi connectivity index (χ3v) is 4.15. The van der Waals surface area contributed by atoms with Crippen molar-refractivity contribution in [2.24, 2.45) is 0 Å². The maximum Gasteiger partial charge on any atom is 0.342 e. The van der Waals surface area contributed by atoms with E-state index in [0.717, 1.165) is 29.4 Å². The quantitative estimate of drug-likeness (QED) is 0.866. The number of aromatic nitrogens is 1. The van der Waals surface area contributed by atoms with E-state index in [9.17, 15) is 4.79 Å². The third kappa shape index (κ3) is 2.65. The number of carbonyl (C=O) groups excluding carboxylic acids is 1. The molecule has 0 amide bonds. The average Bonchev–Trinajstić information content (AvgIpc) is 3.28. The molecule has 1 saturated carbocycles. The molecule has 22 heavy (non-hydrogen) atoms. The molecule has 1 aliphatic rings. The van der Waals surface area contributed by atoms with Crippen molar-refractivity contribution in [3.63, 3.8) is 0 Å². The molecular formula is C18H22N2O2. The van der Waals surface area contributed by atoms with Gasteiger partial charge >= 0.3 is 5.97 Å². The lowest BCUT2D eigenvalue weighted by Crippen LogP contribution is -2.11. The van der Waals surface area contributed by atoms with Gasteiger partial charge in [-0.05, 0) is 48.9 Å². The average molecular weight is 298 g/mol. The predicted octanol–water partition coefficient (Wildman–Crippen LogP) is 4.03. The lowest BCUT2D eigenvalue weighted by molar-refractivity contribution is 0.0473. The fourth-order valence-electron chi connectivity index (χ4n) is 2.81. The van der Waals surface area contributed by atoms with Crippen molar-refractivity contribution in [3.05, 3.63) is 35.0 Å². The zero-order chi connectivity index (χ0) is 15.9. The number of hydrogen-bond acceptors (Lipinski definition) is 4. The molecule has 4 nitrogen and oxygen atoms in total. The fraction of sp³-hybridized carbons (Fsp3) is 0.444. The Kier molecular flexibility index (Phi) is 3.77. The number of benzene rings is 1. The molecule has 1 aromatic carbocycles. The number of fused-ring (bicyclic) bond motifs is 1. The maximum absolute atomic E-state index is 12.3. The van der Waals surface area contributed by atoms with Gasteiger partial charge in [-0.3, -0.25) is 4.98 Å². The summed E-state index contributed by atoms with van der Waals surface area (Å²) in [7, 11) is 1.83. The van der Waals surface area contributed by atoms with Crippen molar-refractivity contribution in [2.75, 3.05) is 12.4 Å². The van der Waals surface area contributed by atoms with Gasteiger partial charge in [-0.1, -0.05) is 13.8 Å². The molecular weight excluding hydrogens is 276 g/mol. The predicted molar refractivity (Wildman–Crippen MR) is 88.6 cm³/mol. The van der Waals surface area contributed by atoms with E-state index in [1.807, 2.05) is 7.05 Å². The Morgan fingerprint density at radius 2 is 2.09 bits per heavy atom. The summed E-state index contributed by atoms with van der Waals surface area (Å²) in [5, 5.41) is 4.13. The van der Waals surface area contributed by atoms with Crippen LogP contribution in [0.2, 0.25) is 0 Å². The Labute approximate surface area is 130 Å². The second-order valence-electron chi connectivity index (χ2n) is 6.28. The van der Waals surface area contributed by atoms with Crippen LogP contribution in [0.15, 0.2) is 18.3 Å². The van der Waals surface area contributed by atoms with Crippen LogP contribution in [-0.2, 0) is 4.74 Å². The molecule has 0 bridgehead atoms. The van der Waals surface area contributed by atoms with E-state index in [4.69, 9.17) is 4.74 Å². The number of esters is 1. The molecule has 0 unspecified atom stereocenters. The van der Waals surface area contributed by atoms with Crippen LogP contribution in [0.25, 0.3) is 10.9 Å². The number of hydrogen-bond donors (Lipinski definition) is 1. The van der Waals surface area contributed by atoms with Crippen LogP contribution >= 0.6 is 0 Å². The van der Waals surface area contributed by atoms with Gasteiger partial charge in [-0.15, -0.1) is 0 Å². The molecule has 1 heterocycles. The second-order valence-corrected chi connectivity index (χ2v) is 6.28. The van der Waals surface area contributed by atoms with Gasteiger partial charge in [-0.25, -0.2) is 4.79 Å². The number of anilines is 1. The molecule has 0 saturated heterocycles. The summed E-state index contributed by atoms with van der Waals surface area (Å²) in [5.74, 6) is 0.143. The van der Waals surface area contributed by atoms with Crippen LogP contribution < -0.4 is 5.32 Å². The van der Waals surface area contributed by atoms with Crippen molar-refractivity contribution >= 4 is 22.6 Å². The minimum Gasteiger partial charge on any atom is -0.459 e. The fourth-order valence-corrected chi connectivity index (χ4v) is 2.81. The summed E-state index contributed by atoms with van der Waals surface area (Å²) in [6.07, 6.45) is 3.65. The van der Waals surface area contributed by atoms with Crippen molar-refractivity contribution < 1.29 is 9.53 Å². The molecule has 0 spiro atoms. The largest absolute Gasteiger partial charge is 0.459 e. The van der Waals surface area contributed by atoms with E-state index in [-0.39, 0.29) is 12.1 Å². The van der Waals surface area contributed by atoms with Crippen LogP contribution in [0, 0.1) is 6.92 Å². The summed E-state index contributed by atoms with van der Waals surface area (Å²) >= 11 is 0. The summed E-state index contributed by atoms with van der Waals surface area (Å²) in [6, 6.07) is 4.23. The van der Waals surface area contributed by atoms with Gasteiger partial charge in [0, 0.05) is 18.6 Å². The number of nitrogens with zero attached hydrogens (tertiary/aromatic N) is 1. The molecule has 1 aromatic heterocycles. The van der Waals surface area contributed by atoms with E-state index in [1.54, 1.807) is 6.20 Å². The Morgan fingerprint density at radius 1 is 1.36 bits per heavy atom. The topological polar surface area (TPSA) is 51.2 Å². The molecule has 3 rings (SSSR count). The first-order valence-corrected chi connectivity index (χ1v) is 7.83. The molecule has 2 aromatic rings. The molecule has 0 radical (unpaired) electrons. The van der Waals surface area contributed by atoms with Crippen LogP contribution in [0.3, 0.4) is 0 Å². The van der Waals surface area contributed by atoms with E-state index >= 15 is 0 Å². The first kappa shape index (κ1) is 14.8. The summed E-state index contributed by atoms with van der Waals surface area (Å²) in [6.45, 7) is 6.45. The summed E-state index contributed by atoms with van der Waals surface area (Å²) < 4.78 is 5.42. The lowest BCUT2D eigenvalue weighted by atomic mass is 9.95. The molecule has 116 valence electrons. The molecule has 1 fully saturated rings. The van der Waals surface area contributed by atoms with Crippen molar-refractivity contribution in [1.82, 2.24) is 4.98 Å². The van der Waals surface area contributed by atoms with Gasteiger partial charge in [0.15, 0.2) is 0 Å². The third-order valence-electron chi connectivity index (χ3n) is 4.15. The monoisotopic (exact) mass is 298 g/mol. The van der Waals surface area contributed by atoms with Gasteiger partial charge in [0.1, 0.15) is 11.7 Å². The number of carbonyl (C=O) groups is 1. The number of nitrogens with one attached hydrogen (secondary N) is 1. The number of rotatable bonds is 4. The van der Waals surface area contributed by atoms with Crippen molar-refractivity contribution in [2.45, 2.75) is 45.6 Å². The Hall–Kier alpha value is -2.10. The van der Waals surface area contributed by atoms with E-state index < -0.39 is 0 Å². The Bertz CT molecular complexity index is 733. The minimum absolute atomic E-state index is 0.0946. The zero-order valence-electron chi connectivity index (χ0n) is 13.6. The molecule has 1 N–H and O–H groups in total. The van der Waals surface area contributed by atoms with Crippen molar-refractivity contribution in [1.29, 1.82) is 0 Å². The lowest BCUT2D eigenvalue weighted by Gasteiger charge is -2.15. The van der Waals surface area contributed by atoms with E-state index in [1.165, 1.54) is 11.1 Å². The maximum atomic E-state index is 12.3. The van der Waals surface area contributed by atoms with E-state index in [2.05, 4.69) is 43.2 Å². The highest BCUT2D eigenvalue weighted by atomic mass is 16.5. The SMILES string of the molecule is CNc1c(C(=O)OC2CC2)cnc2cc(C)c(C(C)C)cc12. The highest BCUT2D eigenvalue weighted by Gasteiger charge is 2.28. The second kappa shape index (κ2) is 5.59. The molecule has 0 atom stereocenters. The minimum atomic E-state index is -0.284. The van der Waals surface area contributed by atoms with Crippen LogP contribution in [0.5, 0.6) is 0 Å². The zero-order valence-corrected chi connectivity index (χ0v) is 13.6. The number of ether oxygens (including phenoxy) is 1. The standard InChI is InChI=1S/C18H22N2O2/c1-10(2)13-8-14-16(7-11(13)3)20-9-15(17(14)19-4)18(21)22-12-5-6-12/h7-10,12H,5-6H2,1-4H3,(H,19,20). The highest BCUT2D eigenvalue weighted by molar-refractivity contribution is 6.05. The number of pyridine rings is 1. The Balaban J connectivity index is 2.14.